The second-order valence-electron chi connectivity index (χ2n) is 15.8. The van der Waals surface area contributed by atoms with E-state index in [0.717, 1.165) is 44.3 Å². The molecular formula is C40H67F2N3O6Sn. The minimum atomic E-state index is -2.71. The number of halogens is 2. The van der Waals surface area contributed by atoms with E-state index in [0.29, 0.717) is 44.4 Å². The van der Waals surface area contributed by atoms with E-state index in [1.807, 2.05) is 0 Å². The van der Waals surface area contributed by atoms with Crippen molar-refractivity contribution < 1.29 is 37.1 Å². The molecule has 8 atom stereocenters. The number of hydrogen-bond donors (Lipinski definition) is 0. The number of carbonyl (C=O) groups excluding carboxylic acids is 3. The zero-order valence-corrected chi connectivity index (χ0v) is 35.5. The fourth-order valence-electron chi connectivity index (χ4n) is 10.2. The number of rotatable bonds is 20. The van der Waals surface area contributed by atoms with Gasteiger partial charge in [-0.1, -0.05) is 0 Å². The van der Waals surface area contributed by atoms with Gasteiger partial charge in [0.25, 0.3) is 0 Å². The first-order valence-corrected chi connectivity index (χ1v) is 28.0. The van der Waals surface area contributed by atoms with Crippen molar-refractivity contribution in [2.24, 2.45) is 17.8 Å². The number of alkyl halides is 2. The molecule has 4 bridgehead atoms. The molecule has 8 unspecified atom stereocenters. The molecule has 5 heterocycles. The monoisotopic (exact) mass is 843 g/mol. The summed E-state index contributed by atoms with van der Waals surface area (Å²) < 4.78 is 47.3. The van der Waals surface area contributed by atoms with E-state index in [1.165, 1.54) is 69.8 Å². The number of oxazole rings is 1. The number of unbranched alkanes of at least 4 members (excludes halogenated alkanes) is 3. The number of esters is 2. The Morgan fingerprint density at radius 1 is 0.808 bits per heavy atom. The molecule has 0 N–H and O–H groups in total. The molecule has 296 valence electrons. The summed E-state index contributed by atoms with van der Waals surface area (Å²) in [5, 5.41) is 0. The van der Waals surface area contributed by atoms with Crippen LogP contribution in [0.25, 0.3) is 0 Å². The topological polar surface area (TPSA) is 102 Å². The second kappa shape index (κ2) is 21.5. The largest absolute Gasteiger partial charge is 0.469 e. The van der Waals surface area contributed by atoms with Crippen molar-refractivity contribution in [2.75, 3.05) is 40.7 Å². The Labute approximate surface area is 315 Å². The van der Waals surface area contributed by atoms with Crippen LogP contribution in [0.5, 0.6) is 0 Å². The van der Waals surface area contributed by atoms with Crippen LogP contribution in [0.15, 0.2) is 10.6 Å². The first-order valence-electron chi connectivity index (χ1n) is 20.5. The molecular weight excluding hydrogens is 775 g/mol. The molecule has 4 saturated heterocycles. The predicted molar refractivity (Wildman–Crippen MR) is 202 cm³/mol. The van der Waals surface area contributed by atoms with Gasteiger partial charge in [-0.2, -0.15) is 0 Å². The number of aldehydes is 1. The molecule has 52 heavy (non-hydrogen) atoms. The van der Waals surface area contributed by atoms with Crippen molar-refractivity contribution in [1.29, 1.82) is 0 Å². The molecule has 4 aliphatic heterocycles. The zero-order valence-electron chi connectivity index (χ0n) is 32.7. The van der Waals surface area contributed by atoms with Gasteiger partial charge in [-0.3, -0.25) is 14.1 Å². The second-order valence-corrected chi connectivity index (χ2v) is 28.8. The Hall–Kier alpha value is -1.60. The Morgan fingerprint density at radius 3 is 1.79 bits per heavy atom. The van der Waals surface area contributed by atoms with E-state index in [4.69, 9.17) is 18.9 Å². The average Bonchev–Trinajstić information content (AvgIpc) is 3.85. The Balaban J connectivity index is 0.000000281. The van der Waals surface area contributed by atoms with E-state index in [2.05, 4.69) is 36.8 Å². The van der Waals surface area contributed by atoms with E-state index >= 15 is 0 Å². The van der Waals surface area contributed by atoms with Gasteiger partial charge >= 0.3 is 217 Å². The first kappa shape index (κ1) is 43.1. The zero-order chi connectivity index (χ0) is 37.7. The third-order valence-corrected chi connectivity index (χ3v) is 27.7. The number of fused-ring (bicyclic) bond motifs is 4. The minimum absolute atomic E-state index is 0.0344. The summed E-state index contributed by atoms with van der Waals surface area (Å²) in [6, 6.07) is 0.869. The van der Waals surface area contributed by atoms with E-state index < -0.39 is 18.4 Å². The van der Waals surface area contributed by atoms with E-state index in [1.54, 1.807) is 0 Å². The van der Waals surface area contributed by atoms with Gasteiger partial charge in [0.15, 0.2) is 0 Å². The van der Waals surface area contributed by atoms with Gasteiger partial charge in [0, 0.05) is 24.5 Å². The van der Waals surface area contributed by atoms with E-state index in [9.17, 15) is 23.2 Å². The minimum Gasteiger partial charge on any atom is -0.469 e. The fourth-order valence-corrected chi connectivity index (χ4v) is 25.1. The maximum atomic E-state index is 13.0. The number of methoxy groups -OCH3 is 2. The standard InChI is InChI=1S/C15H20FN2O3.C13H20FNO3.3C4H9.Sn/c1-20-15(19)13-11(14-17-6-8-21-14)9-10-3-4-12(13)18(10)7-2-5-16;1-18-13(17)12-9(8-16)7-10-3-4-11(12)15(10)6-2-5-14;3*1-3-4-2;/h6,10-13H,2-5,7,9H2,1H3;8-12H,2-7H2,1H3;3*1,3-4H2,2H3;. The summed E-state index contributed by atoms with van der Waals surface area (Å²) in [5.74, 6) is -0.629. The molecule has 9 nitrogen and oxygen atoms in total. The first-order chi connectivity index (χ1) is 25.3. The van der Waals surface area contributed by atoms with Crippen molar-refractivity contribution in [3.05, 3.63) is 12.1 Å². The molecule has 4 aliphatic rings. The number of piperidine rings is 2. The maximum absolute atomic E-state index is 13.0. The number of aromatic nitrogens is 1. The third kappa shape index (κ3) is 9.98. The van der Waals surface area contributed by atoms with Crippen LogP contribution in [0.2, 0.25) is 13.3 Å². The summed E-state index contributed by atoms with van der Waals surface area (Å²) in [7, 11) is 2.84. The van der Waals surface area contributed by atoms with Crippen LogP contribution < -0.4 is 3.78 Å². The van der Waals surface area contributed by atoms with Crippen molar-refractivity contribution in [3.8, 4) is 0 Å². The number of hydrogen-bond acceptors (Lipinski definition) is 9. The van der Waals surface area contributed by atoms with Crippen LogP contribution in [-0.2, 0) is 23.9 Å². The number of nitrogens with zero attached hydrogens (tertiary/aromatic N) is 3. The molecule has 0 spiro atoms. The molecule has 0 aliphatic carbocycles. The fraction of sp³-hybridized carbons (Fsp3) is 0.850. The molecule has 0 aromatic carbocycles. The van der Waals surface area contributed by atoms with Crippen molar-refractivity contribution in [3.63, 3.8) is 0 Å². The van der Waals surface area contributed by atoms with Crippen LogP contribution in [0.1, 0.15) is 122 Å². The summed E-state index contributed by atoms with van der Waals surface area (Å²) in [6.07, 6.45) is 17.0. The molecule has 12 heteroatoms. The SMILES string of the molecule is CCC[CH2][Sn]([CH2]CCC)([CH2]CCC)[c]1cnc(C2CC3CCC(C2C(=O)OC)N3CCCF)o1.COC(=O)C1C(C=O)CC2CCC1N2CCCF. The van der Waals surface area contributed by atoms with Gasteiger partial charge in [-0.25, -0.2) is 0 Å². The molecule has 0 amide bonds. The van der Waals surface area contributed by atoms with Crippen LogP contribution >= 0.6 is 0 Å². The van der Waals surface area contributed by atoms with Crippen molar-refractivity contribution >= 4 is 40.4 Å². The van der Waals surface area contributed by atoms with Gasteiger partial charge in [-0.05, 0) is 25.7 Å². The normalized spacial score (nSPS) is 28.7. The van der Waals surface area contributed by atoms with Crippen LogP contribution in [0.4, 0.5) is 8.78 Å². The van der Waals surface area contributed by atoms with Gasteiger partial charge in [-0.15, -0.1) is 0 Å². The quantitative estimate of drug-likeness (QED) is 0.0756. The summed E-state index contributed by atoms with van der Waals surface area (Å²) in [4.78, 5) is 45.5. The van der Waals surface area contributed by atoms with Crippen molar-refractivity contribution in [2.45, 2.75) is 154 Å². The summed E-state index contributed by atoms with van der Waals surface area (Å²) >= 11 is -2.71. The van der Waals surface area contributed by atoms with Crippen molar-refractivity contribution in [1.82, 2.24) is 14.8 Å². The Morgan fingerprint density at radius 2 is 1.31 bits per heavy atom. The molecule has 4 fully saturated rings. The summed E-state index contributed by atoms with van der Waals surface area (Å²) in [6.45, 7) is 7.60. The number of ether oxygens (including phenoxy) is 2. The van der Waals surface area contributed by atoms with Gasteiger partial charge in [0.2, 0.25) is 0 Å². The molecule has 1 aromatic heterocycles. The Bertz CT molecular complexity index is 1230. The molecule has 5 rings (SSSR count). The number of carbonyl (C=O) groups is 3. The molecule has 0 radical (unpaired) electrons. The molecule has 1 aromatic rings. The van der Waals surface area contributed by atoms with Crippen LogP contribution in [0.3, 0.4) is 0 Å². The molecule has 0 saturated carbocycles. The summed E-state index contributed by atoms with van der Waals surface area (Å²) in [5.41, 5.74) is 0. The maximum Gasteiger partial charge on any atom is 0.310 e. The smallest absolute Gasteiger partial charge is 0.310 e. The van der Waals surface area contributed by atoms with Crippen LogP contribution in [0, 0.1) is 17.8 Å². The van der Waals surface area contributed by atoms with Gasteiger partial charge < -0.3 is 9.53 Å². The third-order valence-electron chi connectivity index (χ3n) is 12.8. The van der Waals surface area contributed by atoms with Crippen LogP contribution in [-0.4, -0.2) is 116 Å². The van der Waals surface area contributed by atoms with Gasteiger partial charge in [0.1, 0.15) is 6.29 Å². The predicted octanol–water partition coefficient (Wildman–Crippen LogP) is 7.39. The average molecular weight is 843 g/mol. The Kier molecular flexibility index (Phi) is 17.8. The van der Waals surface area contributed by atoms with Gasteiger partial charge in [0.05, 0.1) is 19.7 Å². The van der Waals surface area contributed by atoms with E-state index in [-0.39, 0.29) is 61.0 Å².